The van der Waals surface area contributed by atoms with E-state index in [0.717, 1.165) is 16.1 Å². The van der Waals surface area contributed by atoms with E-state index in [9.17, 15) is 5.11 Å². The lowest BCUT2D eigenvalue weighted by molar-refractivity contribution is 0.175. The van der Waals surface area contributed by atoms with E-state index in [4.69, 9.17) is 11.6 Å². The Balaban J connectivity index is 1.93. The van der Waals surface area contributed by atoms with Gasteiger partial charge in [-0.1, -0.05) is 23.7 Å². The number of benzene rings is 1. The Morgan fingerprint density at radius 2 is 1.88 bits per heavy atom. The van der Waals surface area contributed by atoms with Crippen LogP contribution < -0.4 is 0 Å². The highest BCUT2D eigenvalue weighted by Crippen LogP contribution is 2.12. The summed E-state index contributed by atoms with van der Waals surface area (Å²) in [5, 5.41) is 14.8. The van der Waals surface area contributed by atoms with Crippen LogP contribution in [0.1, 0.15) is 11.1 Å². The van der Waals surface area contributed by atoms with Gasteiger partial charge < -0.3 is 5.11 Å². The number of aliphatic hydroxyl groups excluding tert-OH is 1. The van der Waals surface area contributed by atoms with Crippen molar-refractivity contribution < 1.29 is 5.11 Å². The lowest BCUT2D eigenvalue weighted by atomic mass is 10.0. The summed E-state index contributed by atoms with van der Waals surface area (Å²) >= 11 is 5.81. The van der Waals surface area contributed by atoms with E-state index in [1.165, 1.54) is 0 Å². The van der Waals surface area contributed by atoms with Crippen molar-refractivity contribution in [2.24, 2.45) is 7.05 Å². The lowest BCUT2D eigenvalue weighted by Crippen LogP contribution is -2.13. The molecule has 1 atom stereocenters. The number of aryl methyl sites for hydroxylation is 1. The number of hydrogen-bond acceptors (Lipinski definition) is 2. The van der Waals surface area contributed by atoms with Crippen LogP contribution in [0.3, 0.4) is 0 Å². The van der Waals surface area contributed by atoms with Gasteiger partial charge in [-0.15, -0.1) is 0 Å². The number of aliphatic hydroxyl groups is 1. The molecule has 3 nitrogen and oxygen atoms in total. The fourth-order valence-corrected chi connectivity index (χ4v) is 1.94. The predicted molar refractivity (Wildman–Crippen MR) is 68.1 cm³/mol. The van der Waals surface area contributed by atoms with E-state index >= 15 is 0 Å². The zero-order valence-electron chi connectivity index (χ0n) is 9.68. The monoisotopic (exact) mass is 250 g/mol. The quantitative estimate of drug-likeness (QED) is 0.904. The normalized spacial score (nSPS) is 12.6. The lowest BCUT2D eigenvalue weighted by Gasteiger charge is -2.09. The van der Waals surface area contributed by atoms with Crippen LogP contribution in [-0.4, -0.2) is 21.0 Å². The highest BCUT2D eigenvalue weighted by Gasteiger charge is 2.08. The number of nitrogens with zero attached hydrogens (tertiary/aromatic N) is 2. The van der Waals surface area contributed by atoms with Crippen LogP contribution in [-0.2, 0) is 19.9 Å². The van der Waals surface area contributed by atoms with Gasteiger partial charge in [0.25, 0.3) is 0 Å². The minimum absolute atomic E-state index is 0.389. The maximum atomic E-state index is 9.96. The largest absolute Gasteiger partial charge is 0.392 e. The van der Waals surface area contributed by atoms with Crippen molar-refractivity contribution in [1.29, 1.82) is 0 Å². The molecular weight excluding hydrogens is 236 g/mol. The standard InChI is InChI=1S/C13H15ClN2O/c1-16-9-11(8-15-16)7-13(17)6-10-2-4-12(14)5-3-10/h2-5,8-9,13,17H,6-7H2,1H3. The van der Waals surface area contributed by atoms with Crippen molar-refractivity contribution >= 4 is 11.6 Å². The first kappa shape index (κ1) is 12.1. The van der Waals surface area contributed by atoms with E-state index in [1.807, 2.05) is 37.5 Å². The zero-order valence-corrected chi connectivity index (χ0v) is 10.4. The Hall–Kier alpha value is -1.32. The summed E-state index contributed by atoms with van der Waals surface area (Å²) in [7, 11) is 1.87. The Morgan fingerprint density at radius 1 is 1.24 bits per heavy atom. The van der Waals surface area contributed by atoms with Gasteiger partial charge in [0.05, 0.1) is 12.3 Å². The van der Waals surface area contributed by atoms with Gasteiger partial charge in [0.2, 0.25) is 0 Å². The van der Waals surface area contributed by atoms with E-state index in [2.05, 4.69) is 5.10 Å². The van der Waals surface area contributed by atoms with Crippen molar-refractivity contribution in [3.63, 3.8) is 0 Å². The molecule has 0 saturated carbocycles. The SMILES string of the molecule is Cn1cc(CC(O)Cc2ccc(Cl)cc2)cn1. The Kier molecular flexibility index (Phi) is 3.82. The second-order valence-corrected chi connectivity index (χ2v) is 4.65. The minimum Gasteiger partial charge on any atom is -0.392 e. The van der Waals surface area contributed by atoms with Gasteiger partial charge in [-0.3, -0.25) is 4.68 Å². The summed E-state index contributed by atoms with van der Waals surface area (Å²) in [4.78, 5) is 0. The third kappa shape index (κ3) is 3.58. The van der Waals surface area contributed by atoms with Gasteiger partial charge in [-0.25, -0.2) is 0 Å². The zero-order chi connectivity index (χ0) is 12.3. The smallest absolute Gasteiger partial charge is 0.0622 e. The molecule has 2 rings (SSSR count). The Morgan fingerprint density at radius 3 is 2.47 bits per heavy atom. The molecule has 0 aliphatic heterocycles. The number of aromatic nitrogens is 2. The molecule has 0 radical (unpaired) electrons. The molecule has 1 N–H and O–H groups in total. The molecule has 0 amide bonds. The second kappa shape index (κ2) is 5.34. The maximum absolute atomic E-state index is 9.96. The first-order chi connectivity index (χ1) is 8.13. The molecule has 2 aromatic rings. The molecule has 1 unspecified atom stereocenters. The maximum Gasteiger partial charge on any atom is 0.0622 e. The van der Waals surface area contributed by atoms with E-state index < -0.39 is 0 Å². The third-order valence-corrected chi connectivity index (χ3v) is 2.87. The molecule has 1 aromatic carbocycles. The second-order valence-electron chi connectivity index (χ2n) is 4.21. The van der Waals surface area contributed by atoms with Crippen LogP contribution in [0.25, 0.3) is 0 Å². The summed E-state index contributed by atoms with van der Waals surface area (Å²) in [6.45, 7) is 0. The highest BCUT2D eigenvalue weighted by atomic mass is 35.5. The van der Waals surface area contributed by atoms with Crippen LogP contribution >= 0.6 is 11.6 Å². The third-order valence-electron chi connectivity index (χ3n) is 2.61. The van der Waals surface area contributed by atoms with Crippen LogP contribution in [0.5, 0.6) is 0 Å². The van der Waals surface area contributed by atoms with Gasteiger partial charge >= 0.3 is 0 Å². The first-order valence-electron chi connectivity index (χ1n) is 5.53. The molecule has 0 spiro atoms. The van der Waals surface area contributed by atoms with Gasteiger partial charge in [-0.05, 0) is 29.7 Å². The Labute approximate surface area is 106 Å². The van der Waals surface area contributed by atoms with Crippen molar-refractivity contribution in [2.75, 3.05) is 0 Å². The van der Waals surface area contributed by atoms with Crippen LogP contribution in [0, 0.1) is 0 Å². The van der Waals surface area contributed by atoms with Crippen LogP contribution in [0.2, 0.25) is 5.02 Å². The predicted octanol–water partition coefficient (Wildman–Crippen LogP) is 2.22. The van der Waals surface area contributed by atoms with Gasteiger partial charge in [0.15, 0.2) is 0 Å². The average Bonchev–Trinajstić information content (AvgIpc) is 2.67. The minimum atomic E-state index is -0.389. The molecule has 1 heterocycles. The summed E-state index contributed by atoms with van der Waals surface area (Å²) < 4.78 is 1.74. The summed E-state index contributed by atoms with van der Waals surface area (Å²) in [6.07, 6.45) is 4.57. The molecule has 17 heavy (non-hydrogen) atoms. The van der Waals surface area contributed by atoms with E-state index in [0.29, 0.717) is 12.8 Å². The van der Waals surface area contributed by atoms with Crippen molar-refractivity contribution in [3.8, 4) is 0 Å². The number of hydrogen-bond donors (Lipinski definition) is 1. The van der Waals surface area contributed by atoms with E-state index in [1.54, 1.807) is 10.9 Å². The molecular formula is C13H15ClN2O. The molecule has 0 aliphatic rings. The number of rotatable bonds is 4. The van der Waals surface area contributed by atoms with Crippen LogP contribution in [0.15, 0.2) is 36.7 Å². The van der Waals surface area contributed by atoms with Gasteiger partial charge in [0, 0.05) is 24.7 Å². The van der Waals surface area contributed by atoms with Crippen molar-refractivity contribution in [2.45, 2.75) is 18.9 Å². The highest BCUT2D eigenvalue weighted by molar-refractivity contribution is 6.30. The number of halogens is 1. The molecule has 90 valence electrons. The fraction of sp³-hybridized carbons (Fsp3) is 0.308. The summed E-state index contributed by atoms with van der Waals surface area (Å²) in [5.41, 5.74) is 2.14. The van der Waals surface area contributed by atoms with Crippen LogP contribution in [0.4, 0.5) is 0 Å². The van der Waals surface area contributed by atoms with Gasteiger partial charge in [-0.2, -0.15) is 5.10 Å². The van der Waals surface area contributed by atoms with Crippen molar-refractivity contribution in [3.05, 3.63) is 52.8 Å². The summed E-state index contributed by atoms with van der Waals surface area (Å²) in [5.74, 6) is 0. The topological polar surface area (TPSA) is 38.0 Å². The van der Waals surface area contributed by atoms with Gasteiger partial charge in [0.1, 0.15) is 0 Å². The van der Waals surface area contributed by atoms with E-state index in [-0.39, 0.29) is 6.10 Å². The Bertz CT molecular complexity index is 478. The molecule has 0 aliphatic carbocycles. The first-order valence-corrected chi connectivity index (χ1v) is 5.91. The molecule has 1 aromatic heterocycles. The molecule has 0 saturated heterocycles. The van der Waals surface area contributed by atoms with Crippen molar-refractivity contribution in [1.82, 2.24) is 9.78 Å². The average molecular weight is 251 g/mol. The molecule has 4 heteroatoms. The fourth-order valence-electron chi connectivity index (χ4n) is 1.81. The molecule has 0 bridgehead atoms. The molecule has 0 fully saturated rings. The summed E-state index contributed by atoms with van der Waals surface area (Å²) in [6, 6.07) is 7.56.